The van der Waals surface area contributed by atoms with E-state index in [1.54, 1.807) is 25.7 Å². The molecule has 8 nitrogen and oxygen atoms in total. The van der Waals surface area contributed by atoms with Crippen molar-refractivity contribution in [2.45, 2.75) is 13.8 Å². The van der Waals surface area contributed by atoms with E-state index >= 15 is 0 Å². The number of anilines is 1. The zero-order valence-electron chi connectivity index (χ0n) is 17.0. The number of benzene rings is 1. The van der Waals surface area contributed by atoms with Crippen LogP contribution in [-0.4, -0.2) is 50.6 Å². The molecule has 3 heterocycles. The van der Waals surface area contributed by atoms with Crippen LogP contribution in [0.2, 0.25) is 0 Å². The molecule has 1 N–H and O–H groups in total. The van der Waals surface area contributed by atoms with Gasteiger partial charge in [-0.25, -0.2) is 14.6 Å². The van der Waals surface area contributed by atoms with E-state index in [9.17, 15) is 9.59 Å². The smallest absolute Gasteiger partial charge is 0.265 e. The lowest BCUT2D eigenvalue weighted by atomic mass is 10.2. The Morgan fingerprint density at radius 1 is 1.07 bits per heavy atom. The number of aryl methyl sites for hydroxylation is 1. The monoisotopic (exact) mass is 420 g/mol. The van der Waals surface area contributed by atoms with Crippen LogP contribution in [0.25, 0.3) is 16.7 Å². The Morgan fingerprint density at radius 3 is 2.60 bits per heavy atom. The Hall–Kier alpha value is -3.59. The predicted molar refractivity (Wildman–Crippen MR) is 116 cm³/mol. The lowest BCUT2D eigenvalue weighted by molar-refractivity contribution is 0.0831. The number of aromatic nitrogens is 4. The summed E-state index contributed by atoms with van der Waals surface area (Å²) in [5, 5.41) is 8.53. The predicted octanol–water partition coefficient (Wildman–Crippen LogP) is 3.45. The Kier molecular flexibility index (Phi) is 5.04. The Bertz CT molecular complexity index is 1270. The summed E-state index contributed by atoms with van der Waals surface area (Å²) in [6.07, 6.45) is 1.51. The number of hydrogen-bond acceptors (Lipinski definition) is 6. The molecule has 3 aromatic heterocycles. The number of nitrogens with one attached hydrogen (secondary N) is 1. The maximum Gasteiger partial charge on any atom is 0.265 e. The molecule has 0 aliphatic heterocycles. The first-order chi connectivity index (χ1) is 14.3. The van der Waals surface area contributed by atoms with Crippen LogP contribution in [0.4, 0.5) is 5.13 Å². The van der Waals surface area contributed by atoms with Crippen LogP contribution in [0.3, 0.4) is 0 Å². The summed E-state index contributed by atoms with van der Waals surface area (Å²) in [7, 11) is 3.36. The molecule has 0 fully saturated rings. The first-order valence-corrected chi connectivity index (χ1v) is 10.1. The minimum absolute atomic E-state index is 0.142. The highest BCUT2D eigenvalue weighted by Gasteiger charge is 2.21. The van der Waals surface area contributed by atoms with Gasteiger partial charge < -0.3 is 4.90 Å². The summed E-state index contributed by atoms with van der Waals surface area (Å²) in [5.41, 5.74) is 2.51. The molecule has 1 aromatic carbocycles. The second-order valence-electron chi connectivity index (χ2n) is 7.00. The molecule has 0 bridgehead atoms. The maximum absolute atomic E-state index is 12.8. The van der Waals surface area contributed by atoms with Crippen molar-refractivity contribution in [3.8, 4) is 5.82 Å². The zero-order valence-corrected chi connectivity index (χ0v) is 17.8. The van der Waals surface area contributed by atoms with E-state index in [-0.39, 0.29) is 11.8 Å². The van der Waals surface area contributed by atoms with Crippen molar-refractivity contribution in [2.75, 3.05) is 19.4 Å². The van der Waals surface area contributed by atoms with Crippen LogP contribution in [0, 0.1) is 13.8 Å². The molecule has 0 saturated carbocycles. The summed E-state index contributed by atoms with van der Waals surface area (Å²) in [5.74, 6) is 0.156. The molecule has 9 heteroatoms. The summed E-state index contributed by atoms with van der Waals surface area (Å²) in [4.78, 5) is 35.9. The molecule has 4 rings (SSSR count). The molecule has 0 radical (unpaired) electrons. The number of carbonyl (C=O) groups is 2. The van der Waals surface area contributed by atoms with Crippen LogP contribution in [-0.2, 0) is 0 Å². The van der Waals surface area contributed by atoms with Gasteiger partial charge in [-0.1, -0.05) is 29.5 Å². The van der Waals surface area contributed by atoms with Gasteiger partial charge in [-0.2, -0.15) is 5.10 Å². The lowest BCUT2D eigenvalue weighted by Crippen LogP contribution is -2.21. The summed E-state index contributed by atoms with van der Waals surface area (Å²) >= 11 is 1.16. The highest BCUT2D eigenvalue weighted by molar-refractivity contribution is 7.17. The minimum Gasteiger partial charge on any atom is -0.344 e. The molecule has 0 aliphatic rings. The topological polar surface area (TPSA) is 93.0 Å². The summed E-state index contributed by atoms with van der Waals surface area (Å²) in [6, 6.07) is 11.7. The van der Waals surface area contributed by atoms with Crippen molar-refractivity contribution in [3.63, 3.8) is 0 Å². The van der Waals surface area contributed by atoms with Crippen LogP contribution in [0.5, 0.6) is 0 Å². The molecule has 30 heavy (non-hydrogen) atoms. The number of rotatable bonds is 4. The van der Waals surface area contributed by atoms with Gasteiger partial charge in [-0.15, -0.1) is 0 Å². The molecule has 0 saturated heterocycles. The van der Waals surface area contributed by atoms with E-state index < -0.39 is 0 Å². The molecule has 0 atom stereocenters. The second kappa shape index (κ2) is 7.68. The van der Waals surface area contributed by atoms with E-state index in [2.05, 4.69) is 20.4 Å². The van der Waals surface area contributed by atoms with Gasteiger partial charge >= 0.3 is 0 Å². The van der Waals surface area contributed by atoms with Gasteiger partial charge in [0, 0.05) is 19.5 Å². The van der Waals surface area contributed by atoms with E-state index in [1.807, 2.05) is 43.3 Å². The van der Waals surface area contributed by atoms with Crippen LogP contribution in [0.15, 0.2) is 42.6 Å². The largest absolute Gasteiger partial charge is 0.344 e. The standard InChI is InChI=1S/C21H20N6O2S/c1-12-18(20(29)26(3)4)30-21(23-12)25-19(28)15-11-22-27(13(15)2)17-10-9-14-7-5-6-8-16(14)24-17/h5-11H,1-4H3,(H,23,25,28). The molecule has 152 valence electrons. The zero-order chi connectivity index (χ0) is 21.4. The van der Waals surface area contributed by atoms with Gasteiger partial charge in [0.05, 0.1) is 28.7 Å². The van der Waals surface area contributed by atoms with Gasteiger partial charge in [-0.3, -0.25) is 14.9 Å². The Morgan fingerprint density at radius 2 is 1.83 bits per heavy atom. The van der Waals surface area contributed by atoms with E-state index in [0.717, 1.165) is 22.2 Å². The van der Waals surface area contributed by atoms with Crippen molar-refractivity contribution in [3.05, 3.63) is 64.4 Å². The minimum atomic E-state index is -0.336. The van der Waals surface area contributed by atoms with Crippen molar-refractivity contribution >= 4 is 39.2 Å². The molecular weight excluding hydrogens is 400 g/mol. The third-order valence-electron chi connectivity index (χ3n) is 4.67. The molecule has 0 unspecified atom stereocenters. The highest BCUT2D eigenvalue weighted by Crippen LogP contribution is 2.25. The van der Waals surface area contributed by atoms with Gasteiger partial charge in [0.15, 0.2) is 10.9 Å². The molecule has 0 spiro atoms. The molecule has 0 aliphatic carbocycles. The number of amides is 2. The van der Waals surface area contributed by atoms with Gasteiger partial charge in [-0.05, 0) is 32.0 Å². The summed E-state index contributed by atoms with van der Waals surface area (Å²) in [6.45, 7) is 3.56. The normalized spacial score (nSPS) is 10.9. The fraction of sp³-hybridized carbons (Fsp3) is 0.190. The average molecular weight is 420 g/mol. The van der Waals surface area contributed by atoms with E-state index in [1.165, 1.54) is 11.1 Å². The van der Waals surface area contributed by atoms with Crippen LogP contribution in [0.1, 0.15) is 31.4 Å². The first-order valence-electron chi connectivity index (χ1n) is 9.26. The van der Waals surface area contributed by atoms with Gasteiger partial charge in [0.25, 0.3) is 11.8 Å². The number of fused-ring (bicyclic) bond motifs is 1. The maximum atomic E-state index is 12.8. The number of nitrogens with zero attached hydrogens (tertiary/aromatic N) is 5. The summed E-state index contributed by atoms with van der Waals surface area (Å²) < 4.78 is 1.63. The fourth-order valence-electron chi connectivity index (χ4n) is 3.05. The number of pyridine rings is 1. The van der Waals surface area contributed by atoms with Gasteiger partial charge in [0.1, 0.15) is 4.88 Å². The number of para-hydroxylation sites is 1. The first kappa shape index (κ1) is 19.7. The van der Waals surface area contributed by atoms with Crippen LogP contribution < -0.4 is 5.32 Å². The van der Waals surface area contributed by atoms with Crippen molar-refractivity contribution < 1.29 is 9.59 Å². The number of hydrogen-bond donors (Lipinski definition) is 1. The van der Waals surface area contributed by atoms with Crippen molar-refractivity contribution in [1.29, 1.82) is 0 Å². The average Bonchev–Trinajstić information content (AvgIpc) is 3.29. The number of carbonyl (C=O) groups excluding carboxylic acids is 2. The van der Waals surface area contributed by atoms with Crippen molar-refractivity contribution in [2.24, 2.45) is 0 Å². The van der Waals surface area contributed by atoms with E-state index in [0.29, 0.717) is 32.8 Å². The van der Waals surface area contributed by atoms with Crippen molar-refractivity contribution in [1.82, 2.24) is 24.6 Å². The Balaban J connectivity index is 1.60. The quantitative estimate of drug-likeness (QED) is 0.546. The molecule has 4 aromatic rings. The third kappa shape index (κ3) is 3.55. The second-order valence-corrected chi connectivity index (χ2v) is 8.00. The van der Waals surface area contributed by atoms with Gasteiger partial charge in [0.2, 0.25) is 0 Å². The Labute approximate surface area is 177 Å². The highest BCUT2D eigenvalue weighted by atomic mass is 32.1. The number of thiazole rings is 1. The molecular formula is C21H20N6O2S. The van der Waals surface area contributed by atoms with Crippen LogP contribution >= 0.6 is 11.3 Å². The van der Waals surface area contributed by atoms with E-state index in [4.69, 9.17) is 0 Å². The lowest BCUT2D eigenvalue weighted by Gasteiger charge is -2.07. The fourth-order valence-corrected chi connectivity index (χ4v) is 4.04. The third-order valence-corrected chi connectivity index (χ3v) is 5.73. The molecule has 2 amide bonds. The SMILES string of the molecule is Cc1nc(NC(=O)c2cnn(-c3ccc4ccccc4n3)c2C)sc1C(=O)N(C)C.